The van der Waals surface area contributed by atoms with Crippen LogP contribution in [0, 0.1) is 5.92 Å². The number of hydrogen-bond donors (Lipinski definition) is 1. The molecule has 2 atom stereocenters. The van der Waals surface area contributed by atoms with Crippen molar-refractivity contribution in [3.05, 3.63) is 23.9 Å². The van der Waals surface area contributed by atoms with Gasteiger partial charge in [0.2, 0.25) is 5.82 Å². The molecule has 2 aliphatic carbocycles. The van der Waals surface area contributed by atoms with Crippen molar-refractivity contribution < 1.29 is 9.53 Å². The molecule has 2 aromatic heterocycles. The molecule has 9 heteroatoms. The lowest BCUT2D eigenvalue weighted by molar-refractivity contribution is 0.0599. The molecule has 156 valence electrons. The molecule has 2 fully saturated rings. The zero-order valence-electron chi connectivity index (χ0n) is 17.1. The van der Waals surface area contributed by atoms with E-state index in [-0.39, 0.29) is 24.0 Å². The number of likely N-dealkylation sites (N-methyl/N-ethyl adjacent to an activating group) is 1. The third kappa shape index (κ3) is 3.63. The molecule has 2 unspecified atom stereocenters. The molecule has 0 bridgehead atoms. The Morgan fingerprint density at radius 2 is 2.07 bits per heavy atom. The fourth-order valence-electron chi connectivity index (χ4n) is 4.38. The van der Waals surface area contributed by atoms with Crippen LogP contribution in [0.2, 0.25) is 0 Å². The predicted octanol–water partition coefficient (Wildman–Crippen LogP) is 1.76. The Balaban J connectivity index is 1.27. The lowest BCUT2D eigenvalue weighted by Crippen LogP contribution is -2.51. The Kier molecular flexibility index (Phi) is 4.77. The second-order valence-corrected chi connectivity index (χ2v) is 8.62. The number of hydrogen-bond acceptors (Lipinski definition) is 6. The lowest BCUT2D eigenvalue weighted by Gasteiger charge is -2.32. The first-order valence-electron chi connectivity index (χ1n) is 10.7. The van der Waals surface area contributed by atoms with E-state index in [1.807, 2.05) is 11.7 Å². The SMILES string of the molecule is COC1C(NC(=O)c2ncn(CC3CCC3)n2)CCn2nc(C3CC3)cc2N1C. The zero-order chi connectivity index (χ0) is 20.0. The average molecular weight is 399 g/mol. The average Bonchev–Trinajstić information content (AvgIpc) is 3.29. The summed E-state index contributed by atoms with van der Waals surface area (Å²) in [5, 5.41) is 12.3. The van der Waals surface area contributed by atoms with Crippen LogP contribution in [-0.4, -0.2) is 56.9 Å². The maximum Gasteiger partial charge on any atom is 0.291 e. The third-order valence-corrected chi connectivity index (χ3v) is 6.48. The standard InChI is InChI=1S/C20H29N7O2/c1-25-17-10-16(14-6-7-14)23-27(17)9-8-15(20(25)29-2)22-19(28)18-21-12-26(24-18)11-13-4-3-5-13/h10,12-15,20H,3-9,11H2,1-2H3,(H,22,28). The third-order valence-electron chi connectivity index (χ3n) is 6.48. The van der Waals surface area contributed by atoms with E-state index >= 15 is 0 Å². The highest BCUT2D eigenvalue weighted by atomic mass is 16.5. The summed E-state index contributed by atoms with van der Waals surface area (Å²) in [5.74, 6) is 2.29. The summed E-state index contributed by atoms with van der Waals surface area (Å²) < 4.78 is 9.61. The topological polar surface area (TPSA) is 90.1 Å². The number of rotatable bonds is 6. The second kappa shape index (κ2) is 7.44. The highest BCUT2D eigenvalue weighted by Gasteiger charge is 2.35. The highest BCUT2D eigenvalue weighted by Crippen LogP contribution is 2.41. The van der Waals surface area contributed by atoms with Crippen molar-refractivity contribution in [2.75, 3.05) is 19.1 Å². The van der Waals surface area contributed by atoms with Gasteiger partial charge in [-0.15, -0.1) is 5.10 Å². The summed E-state index contributed by atoms with van der Waals surface area (Å²) in [7, 11) is 3.67. The molecule has 1 aliphatic heterocycles. The number of nitrogens with one attached hydrogen (secondary N) is 1. The minimum atomic E-state index is -0.277. The van der Waals surface area contributed by atoms with Crippen molar-refractivity contribution in [3.63, 3.8) is 0 Å². The van der Waals surface area contributed by atoms with Crippen LogP contribution in [0.25, 0.3) is 0 Å². The molecule has 3 heterocycles. The summed E-state index contributed by atoms with van der Waals surface area (Å²) in [6, 6.07) is 1.99. The van der Waals surface area contributed by atoms with Gasteiger partial charge in [0.1, 0.15) is 12.1 Å². The van der Waals surface area contributed by atoms with Gasteiger partial charge in [0, 0.05) is 39.2 Å². The Hall–Kier alpha value is -2.42. The van der Waals surface area contributed by atoms with Crippen molar-refractivity contribution in [1.82, 2.24) is 29.9 Å². The number of carbonyl (C=O) groups excluding carboxylic acids is 1. The van der Waals surface area contributed by atoms with E-state index in [4.69, 9.17) is 9.84 Å². The second-order valence-electron chi connectivity index (χ2n) is 8.62. The summed E-state index contributed by atoms with van der Waals surface area (Å²) in [6.07, 6.45) is 8.34. The van der Waals surface area contributed by atoms with Gasteiger partial charge in [0.25, 0.3) is 5.91 Å². The molecule has 3 aliphatic rings. The summed E-state index contributed by atoms with van der Waals surface area (Å²) in [4.78, 5) is 19.1. The molecule has 2 aromatic rings. The molecule has 9 nitrogen and oxygen atoms in total. The molecule has 5 rings (SSSR count). The fraction of sp³-hybridized carbons (Fsp3) is 0.700. The normalized spacial score (nSPS) is 24.7. The lowest BCUT2D eigenvalue weighted by atomic mass is 9.86. The Labute approximate surface area is 170 Å². The van der Waals surface area contributed by atoms with Gasteiger partial charge in [-0.25, -0.2) is 9.67 Å². The van der Waals surface area contributed by atoms with Gasteiger partial charge in [0.05, 0.1) is 11.7 Å². The maximum absolute atomic E-state index is 12.8. The van der Waals surface area contributed by atoms with Crippen molar-refractivity contribution in [2.24, 2.45) is 5.92 Å². The molecule has 0 saturated heterocycles. The minimum Gasteiger partial charge on any atom is -0.359 e. The van der Waals surface area contributed by atoms with Gasteiger partial charge in [-0.3, -0.25) is 9.48 Å². The number of amides is 1. The van der Waals surface area contributed by atoms with E-state index in [0.717, 1.165) is 25.3 Å². The van der Waals surface area contributed by atoms with E-state index in [9.17, 15) is 4.79 Å². The Morgan fingerprint density at radius 1 is 1.24 bits per heavy atom. The van der Waals surface area contributed by atoms with Crippen LogP contribution in [0.4, 0.5) is 5.82 Å². The van der Waals surface area contributed by atoms with E-state index < -0.39 is 0 Å². The Morgan fingerprint density at radius 3 is 2.76 bits per heavy atom. The minimum absolute atomic E-state index is 0.179. The monoisotopic (exact) mass is 399 g/mol. The summed E-state index contributed by atoms with van der Waals surface area (Å²) >= 11 is 0. The smallest absolute Gasteiger partial charge is 0.291 e. The first-order valence-corrected chi connectivity index (χ1v) is 10.7. The van der Waals surface area contributed by atoms with E-state index in [1.54, 1.807) is 18.1 Å². The quantitative estimate of drug-likeness (QED) is 0.796. The predicted molar refractivity (Wildman–Crippen MR) is 107 cm³/mol. The first-order chi connectivity index (χ1) is 14.1. The van der Waals surface area contributed by atoms with Crippen LogP contribution in [0.15, 0.2) is 12.4 Å². The number of fused-ring (bicyclic) bond motifs is 1. The molecular formula is C20H29N7O2. The molecule has 0 spiro atoms. The molecule has 0 aromatic carbocycles. The van der Waals surface area contributed by atoms with E-state index in [1.165, 1.54) is 37.8 Å². The molecule has 1 N–H and O–H groups in total. The van der Waals surface area contributed by atoms with E-state index in [2.05, 4.69) is 26.4 Å². The highest BCUT2D eigenvalue weighted by molar-refractivity contribution is 5.90. The van der Waals surface area contributed by atoms with Crippen LogP contribution in [0.1, 0.15) is 60.8 Å². The number of ether oxygens (including phenoxy) is 1. The van der Waals surface area contributed by atoms with Crippen LogP contribution >= 0.6 is 0 Å². The maximum atomic E-state index is 12.8. The molecule has 29 heavy (non-hydrogen) atoms. The van der Waals surface area contributed by atoms with Crippen molar-refractivity contribution in [1.29, 1.82) is 0 Å². The molecule has 2 saturated carbocycles. The zero-order valence-corrected chi connectivity index (χ0v) is 17.1. The van der Waals surface area contributed by atoms with Gasteiger partial charge in [-0.2, -0.15) is 5.10 Å². The molecule has 0 radical (unpaired) electrons. The first kappa shape index (κ1) is 18.6. The number of anilines is 1. The number of methoxy groups -OCH3 is 1. The van der Waals surface area contributed by atoms with Gasteiger partial charge < -0.3 is 15.0 Å². The summed E-state index contributed by atoms with van der Waals surface area (Å²) in [5.41, 5.74) is 1.17. The van der Waals surface area contributed by atoms with Crippen molar-refractivity contribution >= 4 is 11.7 Å². The van der Waals surface area contributed by atoms with Gasteiger partial charge in [-0.05, 0) is 38.0 Å². The van der Waals surface area contributed by atoms with Gasteiger partial charge in [-0.1, -0.05) is 6.42 Å². The number of aryl methyl sites for hydroxylation is 1. The van der Waals surface area contributed by atoms with Gasteiger partial charge in [0.15, 0.2) is 6.23 Å². The van der Waals surface area contributed by atoms with Crippen LogP contribution in [0.5, 0.6) is 0 Å². The van der Waals surface area contributed by atoms with Crippen molar-refractivity contribution in [3.8, 4) is 0 Å². The number of nitrogens with zero attached hydrogens (tertiary/aromatic N) is 6. The largest absolute Gasteiger partial charge is 0.359 e. The summed E-state index contributed by atoms with van der Waals surface area (Å²) in [6.45, 7) is 1.58. The molecular weight excluding hydrogens is 370 g/mol. The fourth-order valence-corrected chi connectivity index (χ4v) is 4.38. The number of carbonyl (C=O) groups is 1. The van der Waals surface area contributed by atoms with Gasteiger partial charge >= 0.3 is 0 Å². The van der Waals surface area contributed by atoms with Crippen LogP contribution in [0.3, 0.4) is 0 Å². The Bertz CT molecular complexity index is 883. The van der Waals surface area contributed by atoms with E-state index in [0.29, 0.717) is 11.8 Å². The van der Waals surface area contributed by atoms with Crippen LogP contribution in [-0.2, 0) is 17.8 Å². The molecule has 1 amide bonds. The number of aromatic nitrogens is 5. The van der Waals surface area contributed by atoms with Crippen molar-refractivity contribution in [2.45, 2.75) is 69.8 Å². The van der Waals surface area contributed by atoms with Crippen LogP contribution < -0.4 is 10.2 Å².